The molecule has 0 radical (unpaired) electrons. The molecule has 0 fully saturated rings. The highest BCUT2D eigenvalue weighted by molar-refractivity contribution is 7.10. The number of nitrogens with one attached hydrogen (secondary N) is 1. The molecule has 1 aromatic heterocycles. The van der Waals surface area contributed by atoms with Gasteiger partial charge in [-0.25, -0.2) is 0 Å². The molecular formula is C16H21NOS. The Kier molecular flexibility index (Phi) is 5.00. The lowest BCUT2D eigenvalue weighted by molar-refractivity contribution is 0.317. The van der Waals surface area contributed by atoms with Gasteiger partial charge in [-0.1, -0.05) is 19.1 Å². The molecule has 0 saturated heterocycles. The first-order valence-electron chi connectivity index (χ1n) is 6.70. The first-order chi connectivity index (χ1) is 9.26. The van der Waals surface area contributed by atoms with Gasteiger partial charge < -0.3 is 10.1 Å². The van der Waals surface area contributed by atoms with Crippen molar-refractivity contribution in [3.8, 4) is 5.75 Å². The molecule has 2 aromatic rings. The van der Waals surface area contributed by atoms with Crippen molar-refractivity contribution in [1.29, 1.82) is 0 Å². The minimum atomic E-state index is 0.233. The summed E-state index contributed by atoms with van der Waals surface area (Å²) in [6, 6.07) is 10.8. The normalized spacial score (nSPS) is 12.4. The van der Waals surface area contributed by atoms with E-state index in [9.17, 15) is 0 Å². The monoisotopic (exact) mass is 275 g/mol. The van der Waals surface area contributed by atoms with E-state index in [0.717, 1.165) is 18.8 Å². The van der Waals surface area contributed by atoms with Crippen LogP contribution in [0, 0.1) is 6.92 Å². The van der Waals surface area contributed by atoms with Crippen LogP contribution in [0.25, 0.3) is 0 Å². The van der Waals surface area contributed by atoms with Crippen LogP contribution in [0.3, 0.4) is 0 Å². The van der Waals surface area contributed by atoms with E-state index in [1.165, 1.54) is 16.0 Å². The molecule has 0 saturated carbocycles. The van der Waals surface area contributed by atoms with Gasteiger partial charge in [0.05, 0.1) is 12.6 Å². The second-order valence-corrected chi connectivity index (χ2v) is 5.70. The molecule has 0 bridgehead atoms. The molecule has 0 aliphatic heterocycles. The fraction of sp³-hybridized carbons (Fsp3) is 0.375. The Labute approximate surface area is 119 Å². The molecule has 102 valence electrons. The van der Waals surface area contributed by atoms with E-state index >= 15 is 0 Å². The number of ether oxygens (including phenoxy) is 1. The zero-order chi connectivity index (χ0) is 13.7. The Morgan fingerprint density at radius 1 is 1.32 bits per heavy atom. The average molecular weight is 275 g/mol. The molecule has 0 spiro atoms. The average Bonchev–Trinajstić information content (AvgIpc) is 2.84. The van der Waals surface area contributed by atoms with Gasteiger partial charge in [0.25, 0.3) is 0 Å². The summed E-state index contributed by atoms with van der Waals surface area (Å²) in [5.74, 6) is 0.951. The van der Waals surface area contributed by atoms with Crippen molar-refractivity contribution >= 4 is 11.3 Å². The molecule has 0 aliphatic carbocycles. The van der Waals surface area contributed by atoms with Gasteiger partial charge >= 0.3 is 0 Å². The molecule has 1 unspecified atom stereocenters. The van der Waals surface area contributed by atoms with Crippen LogP contribution in [0.15, 0.2) is 35.7 Å². The lowest BCUT2D eigenvalue weighted by Gasteiger charge is -2.18. The third-order valence-electron chi connectivity index (χ3n) is 3.16. The summed E-state index contributed by atoms with van der Waals surface area (Å²) in [5, 5.41) is 5.54. The van der Waals surface area contributed by atoms with Gasteiger partial charge in [-0.05, 0) is 55.1 Å². The topological polar surface area (TPSA) is 21.3 Å². The largest absolute Gasteiger partial charge is 0.494 e. The second kappa shape index (κ2) is 6.73. The molecule has 1 heterocycles. The van der Waals surface area contributed by atoms with Crippen molar-refractivity contribution in [1.82, 2.24) is 5.32 Å². The molecule has 0 aliphatic rings. The number of hydrogen-bond acceptors (Lipinski definition) is 3. The summed E-state index contributed by atoms with van der Waals surface area (Å²) in [6.07, 6.45) is 1.03. The van der Waals surface area contributed by atoms with Crippen molar-refractivity contribution < 1.29 is 4.74 Å². The predicted molar refractivity (Wildman–Crippen MR) is 82.2 cm³/mol. The quantitative estimate of drug-likeness (QED) is 0.855. The highest BCUT2D eigenvalue weighted by Crippen LogP contribution is 2.29. The highest BCUT2D eigenvalue weighted by atomic mass is 32.1. The molecule has 2 rings (SSSR count). The van der Waals surface area contributed by atoms with Gasteiger partial charge in [0.2, 0.25) is 0 Å². The van der Waals surface area contributed by atoms with Crippen LogP contribution in [0.4, 0.5) is 0 Å². The second-order valence-electron chi connectivity index (χ2n) is 4.57. The molecule has 19 heavy (non-hydrogen) atoms. The highest BCUT2D eigenvalue weighted by Gasteiger charge is 2.15. The summed E-state index contributed by atoms with van der Waals surface area (Å²) in [7, 11) is 2.00. The zero-order valence-electron chi connectivity index (χ0n) is 11.8. The lowest BCUT2D eigenvalue weighted by atomic mass is 9.99. The van der Waals surface area contributed by atoms with Gasteiger partial charge in [-0.3, -0.25) is 0 Å². The summed E-state index contributed by atoms with van der Waals surface area (Å²) < 4.78 is 5.71. The molecule has 3 heteroatoms. The first kappa shape index (κ1) is 14.1. The van der Waals surface area contributed by atoms with Crippen LogP contribution in [-0.2, 0) is 0 Å². The summed E-state index contributed by atoms with van der Waals surface area (Å²) in [4.78, 5) is 1.36. The summed E-state index contributed by atoms with van der Waals surface area (Å²) >= 11 is 1.79. The molecule has 2 nitrogen and oxygen atoms in total. The number of hydrogen-bond donors (Lipinski definition) is 1. The van der Waals surface area contributed by atoms with E-state index in [1.54, 1.807) is 11.3 Å². The summed E-state index contributed by atoms with van der Waals surface area (Å²) in [5.41, 5.74) is 2.60. The number of rotatable bonds is 6. The summed E-state index contributed by atoms with van der Waals surface area (Å²) in [6.45, 7) is 5.06. The van der Waals surface area contributed by atoms with E-state index in [4.69, 9.17) is 4.74 Å². The van der Waals surface area contributed by atoms with Gasteiger partial charge in [0.15, 0.2) is 0 Å². The maximum atomic E-state index is 5.71. The van der Waals surface area contributed by atoms with Gasteiger partial charge in [0.1, 0.15) is 5.75 Å². The van der Waals surface area contributed by atoms with Crippen molar-refractivity contribution in [3.05, 3.63) is 51.7 Å². The van der Waals surface area contributed by atoms with Gasteiger partial charge in [-0.2, -0.15) is 0 Å². The number of thiophene rings is 1. The molecule has 1 aromatic carbocycles. The molecule has 0 amide bonds. The maximum absolute atomic E-state index is 5.71. The Hall–Kier alpha value is -1.32. The van der Waals surface area contributed by atoms with Crippen LogP contribution in [-0.4, -0.2) is 13.7 Å². The van der Waals surface area contributed by atoms with Crippen LogP contribution >= 0.6 is 11.3 Å². The molecule has 1 atom stereocenters. The Morgan fingerprint density at radius 3 is 2.79 bits per heavy atom. The van der Waals surface area contributed by atoms with Crippen molar-refractivity contribution in [2.24, 2.45) is 0 Å². The first-order valence-corrected chi connectivity index (χ1v) is 7.58. The van der Waals surface area contributed by atoms with E-state index in [1.807, 2.05) is 13.1 Å². The third-order valence-corrected chi connectivity index (χ3v) is 4.02. The van der Waals surface area contributed by atoms with Crippen molar-refractivity contribution in [2.45, 2.75) is 26.3 Å². The SMILES string of the molecule is CCCOc1cccc(C(NC)c2ccsc2C)c1. The smallest absolute Gasteiger partial charge is 0.119 e. The predicted octanol–water partition coefficient (Wildman–Crippen LogP) is 4.15. The Bertz CT molecular complexity index is 521. The standard InChI is InChI=1S/C16H21NOS/c1-4-9-18-14-7-5-6-13(11-14)16(17-3)15-8-10-19-12(15)2/h5-8,10-11,16-17H,4,9H2,1-3H3. The fourth-order valence-electron chi connectivity index (χ4n) is 2.20. The number of benzene rings is 1. The van der Waals surface area contributed by atoms with Gasteiger partial charge in [0, 0.05) is 4.88 Å². The van der Waals surface area contributed by atoms with Gasteiger partial charge in [-0.15, -0.1) is 11.3 Å². The minimum Gasteiger partial charge on any atom is -0.494 e. The van der Waals surface area contributed by atoms with E-state index in [-0.39, 0.29) is 6.04 Å². The zero-order valence-corrected chi connectivity index (χ0v) is 12.6. The van der Waals surface area contributed by atoms with Crippen LogP contribution in [0.5, 0.6) is 5.75 Å². The van der Waals surface area contributed by atoms with Crippen LogP contribution < -0.4 is 10.1 Å². The van der Waals surface area contributed by atoms with E-state index in [2.05, 4.69) is 48.8 Å². The minimum absolute atomic E-state index is 0.233. The molecule has 1 N–H and O–H groups in total. The molecular weight excluding hydrogens is 254 g/mol. The van der Waals surface area contributed by atoms with Crippen molar-refractivity contribution in [3.63, 3.8) is 0 Å². The maximum Gasteiger partial charge on any atom is 0.119 e. The number of aryl methyl sites for hydroxylation is 1. The van der Waals surface area contributed by atoms with Crippen LogP contribution in [0.1, 0.15) is 35.4 Å². The van der Waals surface area contributed by atoms with Crippen molar-refractivity contribution in [2.75, 3.05) is 13.7 Å². The van der Waals surface area contributed by atoms with E-state index < -0.39 is 0 Å². The third kappa shape index (κ3) is 3.37. The fourth-order valence-corrected chi connectivity index (χ4v) is 2.94. The lowest BCUT2D eigenvalue weighted by Crippen LogP contribution is -2.17. The van der Waals surface area contributed by atoms with E-state index in [0.29, 0.717) is 0 Å². The Balaban J connectivity index is 2.26. The Morgan fingerprint density at radius 2 is 2.16 bits per heavy atom. The van der Waals surface area contributed by atoms with Crippen LogP contribution in [0.2, 0.25) is 0 Å².